The van der Waals surface area contributed by atoms with E-state index >= 15 is 0 Å². The number of nitrogens with two attached hydrogens (primary N) is 1. The number of rotatable bonds is 12. The van der Waals surface area contributed by atoms with Gasteiger partial charge in [0.2, 0.25) is 19.6 Å². The highest BCUT2D eigenvalue weighted by Gasteiger charge is 2.53. The number of methoxy groups -OCH3 is 1. The standard InChI is InChI=1S/C19H25N6O7P.C8H20N/c1-19(27)14(26)12(9-31-33(28,29)22-8-11-6-4-3-5-7-11)32-17(19)25-10-21-13-15(25)23-18(20)24-16(13)30-2;1-5-9(6-2,7-3)8-4/h3-7,10,12,14,17,26-27H,8-9H2,1-2H3,(H2,20,23,24)(H2,22,28,29);5-8H2,1-4H3/q;+1/p-1/t12-,14-,17-,19-;/m1./s1. The van der Waals surface area contributed by atoms with Gasteiger partial charge in [0.1, 0.15) is 17.8 Å². The topological polar surface area (TPSA) is 190 Å². The Morgan fingerprint density at radius 2 is 1.79 bits per heavy atom. The molecule has 15 heteroatoms. The van der Waals surface area contributed by atoms with Gasteiger partial charge < -0.3 is 39.3 Å². The number of benzene rings is 1. The van der Waals surface area contributed by atoms with Gasteiger partial charge in [0, 0.05) is 6.54 Å². The molecule has 1 fully saturated rings. The third-order valence-electron chi connectivity index (χ3n) is 8.02. The molecular weight excluding hydrogens is 565 g/mol. The highest BCUT2D eigenvalue weighted by molar-refractivity contribution is 7.49. The van der Waals surface area contributed by atoms with E-state index in [2.05, 4.69) is 47.7 Å². The first-order valence-electron chi connectivity index (χ1n) is 14.1. The van der Waals surface area contributed by atoms with E-state index in [0.29, 0.717) is 0 Å². The van der Waals surface area contributed by atoms with Crippen LogP contribution in [0.5, 0.6) is 5.88 Å². The molecule has 1 saturated heterocycles. The SMILES string of the molecule is CC[N+](CC)(CC)CC.COc1nc(N)nc2c1ncn2[C@@H]1O[C@H](COP(=O)([O-])NCc2ccccc2)[C@@H](O)[C@@]1(C)O. The summed E-state index contributed by atoms with van der Waals surface area (Å²) in [5.74, 6) is 0.0436. The Kier molecular flexibility index (Phi) is 11.4. The van der Waals surface area contributed by atoms with Crippen molar-refractivity contribution in [3.8, 4) is 5.88 Å². The van der Waals surface area contributed by atoms with Crippen LogP contribution in [0.4, 0.5) is 5.95 Å². The second kappa shape index (κ2) is 14.2. The van der Waals surface area contributed by atoms with Crippen molar-refractivity contribution >= 4 is 24.9 Å². The van der Waals surface area contributed by atoms with Crippen LogP contribution < -0.4 is 20.5 Å². The van der Waals surface area contributed by atoms with E-state index in [1.54, 1.807) is 24.3 Å². The first-order valence-corrected chi connectivity index (χ1v) is 15.6. The predicted molar refractivity (Wildman–Crippen MR) is 156 cm³/mol. The number of fused-ring (bicyclic) bond motifs is 1. The maximum absolute atomic E-state index is 12.3. The van der Waals surface area contributed by atoms with Crippen molar-refractivity contribution in [2.24, 2.45) is 0 Å². The van der Waals surface area contributed by atoms with Gasteiger partial charge in [-0.2, -0.15) is 9.97 Å². The monoisotopic (exact) mass is 609 g/mol. The molecule has 0 radical (unpaired) electrons. The lowest BCUT2D eigenvalue weighted by molar-refractivity contribution is -0.921. The lowest BCUT2D eigenvalue weighted by atomic mass is 9.96. The number of hydrogen-bond acceptors (Lipinski definition) is 11. The van der Waals surface area contributed by atoms with Gasteiger partial charge in [0.25, 0.3) is 0 Å². The molecule has 3 aromatic rings. The van der Waals surface area contributed by atoms with Crippen LogP contribution in [0.3, 0.4) is 0 Å². The highest BCUT2D eigenvalue weighted by atomic mass is 31.2. The number of hydrogen-bond donors (Lipinski definition) is 4. The molecule has 1 unspecified atom stereocenters. The zero-order valence-electron chi connectivity index (χ0n) is 25.1. The van der Waals surface area contributed by atoms with Crippen molar-refractivity contribution in [3.63, 3.8) is 0 Å². The maximum atomic E-state index is 12.3. The molecule has 42 heavy (non-hydrogen) atoms. The Morgan fingerprint density at radius 1 is 1.17 bits per heavy atom. The molecule has 3 heterocycles. The van der Waals surface area contributed by atoms with E-state index in [1.165, 1.54) is 55.6 Å². The van der Waals surface area contributed by atoms with E-state index in [9.17, 15) is 19.7 Å². The molecule has 2 aromatic heterocycles. The number of aromatic nitrogens is 4. The summed E-state index contributed by atoms with van der Waals surface area (Å²) in [6, 6.07) is 8.91. The number of aliphatic hydroxyl groups is 2. The molecule has 14 nitrogen and oxygen atoms in total. The minimum Gasteiger partial charge on any atom is -0.766 e. The average Bonchev–Trinajstić information content (AvgIpc) is 3.50. The lowest BCUT2D eigenvalue weighted by Crippen LogP contribution is -2.47. The number of nitrogens with zero attached hydrogens (tertiary/aromatic N) is 5. The fraction of sp³-hybridized carbons (Fsp3) is 0.593. The van der Waals surface area contributed by atoms with E-state index < -0.39 is 38.4 Å². The molecule has 1 aliphatic heterocycles. The summed E-state index contributed by atoms with van der Waals surface area (Å²) in [5, 5.41) is 23.9. The van der Waals surface area contributed by atoms with Crippen LogP contribution in [0, 0.1) is 0 Å². The largest absolute Gasteiger partial charge is 0.766 e. The van der Waals surface area contributed by atoms with Gasteiger partial charge in [-0.25, -0.2) is 4.98 Å². The molecular formula is C27H44N7O7P. The second-order valence-electron chi connectivity index (χ2n) is 10.3. The Labute approximate surface area is 246 Å². The number of anilines is 1. The number of ether oxygens (including phenoxy) is 2. The maximum Gasteiger partial charge on any atom is 0.246 e. The van der Waals surface area contributed by atoms with E-state index in [1.807, 2.05) is 6.07 Å². The lowest BCUT2D eigenvalue weighted by Gasteiger charge is -2.34. The normalized spacial score (nSPS) is 23.8. The number of aliphatic hydroxyl groups excluding tert-OH is 1. The van der Waals surface area contributed by atoms with Crippen LogP contribution in [-0.2, 0) is 20.4 Å². The molecule has 5 atom stereocenters. The Bertz CT molecular complexity index is 1320. The molecule has 5 N–H and O–H groups in total. The van der Waals surface area contributed by atoms with Gasteiger partial charge in [0.15, 0.2) is 17.4 Å². The number of nitrogens with one attached hydrogen (secondary N) is 1. The number of nitrogen functional groups attached to an aromatic ring is 1. The van der Waals surface area contributed by atoms with Crippen LogP contribution in [0.2, 0.25) is 0 Å². The summed E-state index contributed by atoms with van der Waals surface area (Å²) in [7, 11) is -3.07. The zero-order chi connectivity index (χ0) is 31.1. The number of imidazole rings is 1. The summed E-state index contributed by atoms with van der Waals surface area (Å²) in [5.41, 5.74) is 5.12. The summed E-state index contributed by atoms with van der Waals surface area (Å²) in [6.07, 6.45) is -2.48. The van der Waals surface area contributed by atoms with Crippen molar-refractivity contribution in [1.29, 1.82) is 0 Å². The minimum absolute atomic E-state index is 0.0417. The van der Waals surface area contributed by atoms with Crippen molar-refractivity contribution < 1.29 is 38.2 Å². The van der Waals surface area contributed by atoms with Gasteiger partial charge in [0.05, 0.1) is 46.2 Å². The van der Waals surface area contributed by atoms with Crippen molar-refractivity contribution in [3.05, 3.63) is 42.2 Å². The molecule has 0 bridgehead atoms. The first-order chi connectivity index (χ1) is 19.9. The van der Waals surface area contributed by atoms with Gasteiger partial charge >= 0.3 is 0 Å². The molecule has 0 spiro atoms. The summed E-state index contributed by atoms with van der Waals surface area (Å²) >= 11 is 0. The second-order valence-corrected chi connectivity index (χ2v) is 11.9. The molecule has 1 aromatic carbocycles. The van der Waals surface area contributed by atoms with E-state index in [-0.39, 0.29) is 29.5 Å². The van der Waals surface area contributed by atoms with Gasteiger partial charge in [-0.15, -0.1) is 0 Å². The third-order valence-corrected chi connectivity index (χ3v) is 9.05. The van der Waals surface area contributed by atoms with Crippen LogP contribution >= 0.6 is 7.75 Å². The first kappa shape index (κ1) is 33.8. The van der Waals surface area contributed by atoms with Gasteiger partial charge in [-0.1, -0.05) is 30.3 Å². The Hall–Kier alpha value is -2.68. The van der Waals surface area contributed by atoms with Crippen LogP contribution in [0.15, 0.2) is 36.7 Å². The molecule has 0 aliphatic carbocycles. The Balaban J connectivity index is 0.000000467. The molecule has 1 aliphatic rings. The van der Waals surface area contributed by atoms with E-state index in [0.717, 1.165) is 5.56 Å². The van der Waals surface area contributed by atoms with Crippen molar-refractivity contribution in [1.82, 2.24) is 24.6 Å². The van der Waals surface area contributed by atoms with Gasteiger partial charge in [-0.3, -0.25) is 14.2 Å². The Morgan fingerprint density at radius 3 is 2.33 bits per heavy atom. The predicted octanol–water partition coefficient (Wildman–Crippen LogP) is 1.58. The third kappa shape index (κ3) is 7.63. The minimum atomic E-state index is -4.46. The van der Waals surface area contributed by atoms with Gasteiger partial charge in [-0.05, 0) is 40.2 Å². The quantitative estimate of drug-likeness (QED) is 0.172. The summed E-state index contributed by atoms with van der Waals surface area (Å²) in [6.45, 7) is 15.1. The summed E-state index contributed by atoms with van der Waals surface area (Å²) < 4.78 is 30.8. The molecule has 234 valence electrons. The zero-order valence-corrected chi connectivity index (χ0v) is 26.0. The highest BCUT2D eigenvalue weighted by Crippen LogP contribution is 2.42. The molecule has 0 saturated carbocycles. The molecule has 0 amide bonds. The number of quaternary nitrogens is 1. The van der Waals surface area contributed by atoms with Crippen LogP contribution in [0.25, 0.3) is 11.2 Å². The molecule has 4 rings (SSSR count). The van der Waals surface area contributed by atoms with Crippen LogP contribution in [-0.4, -0.2) is 91.9 Å². The van der Waals surface area contributed by atoms with E-state index in [4.69, 9.17) is 19.7 Å². The smallest absolute Gasteiger partial charge is 0.246 e. The van der Waals surface area contributed by atoms with Crippen molar-refractivity contribution in [2.75, 3.05) is 45.6 Å². The van der Waals surface area contributed by atoms with Crippen LogP contribution in [0.1, 0.15) is 46.4 Å². The van der Waals surface area contributed by atoms with Crippen molar-refractivity contribution in [2.45, 2.75) is 65.2 Å². The average molecular weight is 610 g/mol. The fourth-order valence-corrected chi connectivity index (χ4v) is 5.75. The summed E-state index contributed by atoms with van der Waals surface area (Å²) in [4.78, 5) is 24.5. The fourth-order valence-electron chi connectivity index (χ4n) is 4.94.